The van der Waals surface area contributed by atoms with E-state index in [2.05, 4.69) is 5.32 Å². The maximum Gasteiger partial charge on any atom is 0.307 e. The van der Waals surface area contributed by atoms with Crippen molar-refractivity contribution < 1.29 is 19.5 Å². The zero-order valence-corrected chi connectivity index (χ0v) is 16.8. The summed E-state index contributed by atoms with van der Waals surface area (Å²) in [5.74, 6) is -3.22. The van der Waals surface area contributed by atoms with Crippen LogP contribution in [0, 0.1) is 25.7 Å². The number of nitrogens with one attached hydrogen (secondary N) is 1. The number of hydrogen-bond acceptors (Lipinski definition) is 4. The van der Waals surface area contributed by atoms with Crippen LogP contribution >= 0.6 is 11.3 Å². The van der Waals surface area contributed by atoms with Crippen LogP contribution in [-0.2, 0) is 9.59 Å². The molecule has 1 fully saturated rings. The molecular weight excluding hydrogens is 376 g/mol. The van der Waals surface area contributed by atoms with Gasteiger partial charge in [0.25, 0.3) is 5.91 Å². The summed E-state index contributed by atoms with van der Waals surface area (Å²) in [4.78, 5) is 36.4. The number of carbonyl (C=O) groups is 3. The van der Waals surface area contributed by atoms with E-state index in [-0.39, 0.29) is 11.5 Å². The lowest BCUT2D eigenvalue weighted by Gasteiger charge is -2.27. The molecule has 0 spiro atoms. The molecule has 28 heavy (non-hydrogen) atoms. The van der Waals surface area contributed by atoms with E-state index in [1.165, 1.54) is 11.3 Å². The van der Waals surface area contributed by atoms with Gasteiger partial charge < -0.3 is 16.2 Å². The van der Waals surface area contributed by atoms with Crippen LogP contribution in [0.1, 0.15) is 47.2 Å². The van der Waals surface area contributed by atoms with E-state index in [1.54, 1.807) is 5.38 Å². The molecule has 2 amide bonds. The van der Waals surface area contributed by atoms with Gasteiger partial charge in [0.05, 0.1) is 17.4 Å². The Bertz CT molecular complexity index is 934. The summed E-state index contributed by atoms with van der Waals surface area (Å²) in [6.45, 7) is 4.00. The summed E-state index contributed by atoms with van der Waals surface area (Å²) < 4.78 is 0. The zero-order valence-electron chi connectivity index (χ0n) is 16.0. The number of hydrogen-bond donors (Lipinski definition) is 3. The van der Waals surface area contributed by atoms with Crippen LogP contribution in [-0.4, -0.2) is 22.9 Å². The Labute approximate surface area is 167 Å². The quantitative estimate of drug-likeness (QED) is 0.705. The van der Waals surface area contributed by atoms with Crippen molar-refractivity contribution in [3.63, 3.8) is 0 Å². The van der Waals surface area contributed by atoms with Crippen LogP contribution in [0.25, 0.3) is 11.1 Å². The third kappa shape index (κ3) is 3.94. The second kappa shape index (κ2) is 8.14. The van der Waals surface area contributed by atoms with Crippen molar-refractivity contribution in [2.75, 3.05) is 5.32 Å². The van der Waals surface area contributed by atoms with E-state index < -0.39 is 23.7 Å². The van der Waals surface area contributed by atoms with Crippen molar-refractivity contribution in [1.29, 1.82) is 0 Å². The molecular formula is C21H24N2O4S. The number of anilines is 1. The van der Waals surface area contributed by atoms with E-state index in [0.29, 0.717) is 23.4 Å². The van der Waals surface area contributed by atoms with Gasteiger partial charge in [-0.2, -0.15) is 0 Å². The Morgan fingerprint density at radius 3 is 2.39 bits per heavy atom. The first-order valence-corrected chi connectivity index (χ1v) is 10.2. The average molecular weight is 401 g/mol. The van der Waals surface area contributed by atoms with Crippen molar-refractivity contribution in [1.82, 2.24) is 0 Å². The van der Waals surface area contributed by atoms with Crippen LogP contribution in [0.4, 0.5) is 5.00 Å². The highest BCUT2D eigenvalue weighted by atomic mass is 32.1. The van der Waals surface area contributed by atoms with Gasteiger partial charge in [-0.05, 0) is 43.4 Å². The smallest absolute Gasteiger partial charge is 0.307 e. The molecule has 0 bridgehead atoms. The van der Waals surface area contributed by atoms with Gasteiger partial charge in [-0.1, -0.05) is 31.0 Å². The van der Waals surface area contributed by atoms with E-state index in [1.807, 2.05) is 32.0 Å². The van der Waals surface area contributed by atoms with Crippen molar-refractivity contribution in [2.45, 2.75) is 39.5 Å². The summed E-state index contributed by atoms with van der Waals surface area (Å²) in [6, 6.07) is 5.88. The lowest BCUT2D eigenvalue weighted by atomic mass is 9.78. The minimum atomic E-state index is -0.947. The predicted octanol–water partition coefficient (Wildman–Crippen LogP) is 3.96. The molecule has 1 heterocycles. The average Bonchev–Trinajstić information content (AvgIpc) is 3.07. The van der Waals surface area contributed by atoms with Crippen molar-refractivity contribution in [3.05, 3.63) is 40.3 Å². The van der Waals surface area contributed by atoms with Crippen molar-refractivity contribution in [2.24, 2.45) is 17.6 Å². The summed E-state index contributed by atoms with van der Waals surface area (Å²) >= 11 is 1.23. The number of amides is 2. The van der Waals surface area contributed by atoms with E-state index in [4.69, 9.17) is 5.73 Å². The van der Waals surface area contributed by atoms with Gasteiger partial charge in [-0.25, -0.2) is 0 Å². The van der Waals surface area contributed by atoms with Gasteiger partial charge in [-0.3, -0.25) is 14.4 Å². The monoisotopic (exact) mass is 400 g/mol. The molecule has 0 radical (unpaired) electrons. The molecule has 6 nitrogen and oxygen atoms in total. The van der Waals surface area contributed by atoms with Crippen LogP contribution in [0.5, 0.6) is 0 Å². The van der Waals surface area contributed by atoms with E-state index in [0.717, 1.165) is 29.5 Å². The summed E-state index contributed by atoms with van der Waals surface area (Å²) in [5.41, 5.74) is 9.65. The van der Waals surface area contributed by atoms with Crippen LogP contribution in [0.3, 0.4) is 0 Å². The number of thiophene rings is 1. The van der Waals surface area contributed by atoms with Crippen molar-refractivity contribution in [3.8, 4) is 11.1 Å². The minimum Gasteiger partial charge on any atom is -0.481 e. The molecule has 7 heteroatoms. The molecule has 1 saturated carbocycles. The normalized spacial score (nSPS) is 19.2. The second-order valence-electron chi connectivity index (χ2n) is 7.34. The fraction of sp³-hybridized carbons (Fsp3) is 0.381. The predicted molar refractivity (Wildman–Crippen MR) is 109 cm³/mol. The zero-order chi connectivity index (χ0) is 20.4. The molecule has 1 aliphatic rings. The Kier molecular flexibility index (Phi) is 5.84. The highest BCUT2D eigenvalue weighted by Crippen LogP contribution is 2.37. The third-order valence-electron chi connectivity index (χ3n) is 5.51. The fourth-order valence-electron chi connectivity index (χ4n) is 3.76. The van der Waals surface area contributed by atoms with Crippen molar-refractivity contribution >= 4 is 34.1 Å². The maximum absolute atomic E-state index is 12.8. The molecule has 0 unspecified atom stereocenters. The first-order chi connectivity index (χ1) is 13.3. The van der Waals surface area contributed by atoms with Gasteiger partial charge >= 0.3 is 5.97 Å². The lowest BCUT2D eigenvalue weighted by Crippen LogP contribution is -2.36. The first kappa shape index (κ1) is 20.1. The number of primary amides is 1. The summed E-state index contributed by atoms with van der Waals surface area (Å²) in [6.07, 6.45) is 2.66. The van der Waals surface area contributed by atoms with E-state index in [9.17, 15) is 19.5 Å². The molecule has 1 aromatic carbocycles. The molecule has 2 atom stereocenters. The molecule has 4 N–H and O–H groups in total. The van der Waals surface area contributed by atoms with Crippen LogP contribution < -0.4 is 11.1 Å². The second-order valence-corrected chi connectivity index (χ2v) is 8.22. The number of nitrogens with two attached hydrogens (primary N) is 1. The van der Waals surface area contributed by atoms with Gasteiger partial charge in [0, 0.05) is 10.9 Å². The number of benzene rings is 1. The molecule has 2 aromatic rings. The summed E-state index contributed by atoms with van der Waals surface area (Å²) in [7, 11) is 0. The van der Waals surface area contributed by atoms with E-state index >= 15 is 0 Å². The van der Waals surface area contributed by atoms with Gasteiger partial charge in [0.2, 0.25) is 5.91 Å². The maximum atomic E-state index is 12.8. The Morgan fingerprint density at radius 2 is 1.79 bits per heavy atom. The number of carboxylic acid groups (broad SMARTS) is 1. The molecule has 0 saturated heterocycles. The lowest BCUT2D eigenvalue weighted by molar-refractivity contribution is -0.147. The highest BCUT2D eigenvalue weighted by Gasteiger charge is 2.36. The Balaban J connectivity index is 1.91. The number of aryl methyl sites for hydroxylation is 2. The number of carboxylic acids is 1. The van der Waals surface area contributed by atoms with Gasteiger partial charge in [0.15, 0.2) is 0 Å². The molecule has 0 aliphatic heterocycles. The number of carbonyl (C=O) groups excluding carboxylic acids is 2. The number of rotatable bonds is 5. The molecule has 1 aromatic heterocycles. The molecule has 3 rings (SSSR count). The Morgan fingerprint density at radius 1 is 1.11 bits per heavy atom. The highest BCUT2D eigenvalue weighted by molar-refractivity contribution is 7.15. The number of aliphatic carboxylic acids is 1. The van der Waals surface area contributed by atoms with Crippen LogP contribution in [0.15, 0.2) is 23.6 Å². The minimum absolute atomic E-state index is 0.268. The molecule has 1 aliphatic carbocycles. The SMILES string of the molecule is Cc1ccc(-c2csc(NC(=O)[C@H]3CCCC[C@@H]3C(=O)O)c2C(N)=O)cc1C. The Hall–Kier alpha value is -2.67. The molecule has 148 valence electrons. The third-order valence-corrected chi connectivity index (χ3v) is 6.41. The van der Waals surface area contributed by atoms with Crippen LogP contribution in [0.2, 0.25) is 0 Å². The first-order valence-electron chi connectivity index (χ1n) is 9.32. The van der Waals surface area contributed by atoms with Gasteiger partial charge in [-0.15, -0.1) is 11.3 Å². The summed E-state index contributed by atoms with van der Waals surface area (Å²) in [5, 5.41) is 14.4. The largest absolute Gasteiger partial charge is 0.481 e. The fourth-order valence-corrected chi connectivity index (χ4v) is 4.74. The van der Waals surface area contributed by atoms with Gasteiger partial charge in [0.1, 0.15) is 5.00 Å². The topological polar surface area (TPSA) is 109 Å². The standard InChI is InChI=1S/C21H24N2O4S/c1-11-7-8-13(9-12(11)2)16-10-28-20(17(16)18(22)24)23-19(25)14-5-3-4-6-15(14)21(26)27/h7-10,14-15H,3-6H2,1-2H3,(H2,22,24)(H,23,25)(H,26,27)/t14-,15-/m0/s1.